The number of aromatic nitrogens is 3. The highest BCUT2D eigenvalue weighted by Gasteiger charge is 2.32. The van der Waals surface area contributed by atoms with Crippen molar-refractivity contribution in [3.63, 3.8) is 0 Å². The van der Waals surface area contributed by atoms with Gasteiger partial charge in [0.05, 0.1) is 23.0 Å². The number of pyridine rings is 1. The van der Waals surface area contributed by atoms with Crippen molar-refractivity contribution in [1.82, 2.24) is 20.1 Å². The van der Waals surface area contributed by atoms with E-state index in [9.17, 15) is 35.9 Å². The van der Waals surface area contributed by atoms with Crippen molar-refractivity contribution in [2.24, 2.45) is 5.73 Å². The van der Waals surface area contributed by atoms with E-state index in [-0.39, 0.29) is 24.1 Å². The van der Waals surface area contributed by atoms with Crippen LogP contribution in [0.1, 0.15) is 33.1 Å². The van der Waals surface area contributed by atoms with Crippen LogP contribution in [0.4, 0.5) is 26.3 Å². The van der Waals surface area contributed by atoms with Gasteiger partial charge in [0.1, 0.15) is 24.0 Å². The van der Waals surface area contributed by atoms with Crippen molar-refractivity contribution < 1.29 is 35.9 Å². The number of nitrogens with zero attached hydrogens (tertiary/aromatic N) is 3. The molecule has 13 heteroatoms. The monoisotopic (exact) mass is 561 g/mol. The third kappa shape index (κ3) is 6.84. The SMILES string of the molecule is NC(=O)c1cc(-c2cccnc2C(CNC(=O)Cn2cc(C(F)(F)F)cn2)Cc2cc(F)cc(F)c2)ccc1F. The predicted molar refractivity (Wildman–Crippen MR) is 131 cm³/mol. The largest absolute Gasteiger partial charge is 0.419 e. The van der Waals surface area contributed by atoms with Gasteiger partial charge < -0.3 is 11.1 Å². The highest BCUT2D eigenvalue weighted by Crippen LogP contribution is 2.31. The zero-order valence-corrected chi connectivity index (χ0v) is 20.6. The van der Waals surface area contributed by atoms with Crippen LogP contribution in [-0.4, -0.2) is 33.1 Å². The number of hydrogen-bond donors (Lipinski definition) is 2. The van der Waals surface area contributed by atoms with Gasteiger partial charge >= 0.3 is 6.18 Å². The Bertz CT molecular complexity index is 1530. The van der Waals surface area contributed by atoms with Crippen molar-refractivity contribution in [2.45, 2.75) is 25.1 Å². The van der Waals surface area contributed by atoms with Crippen LogP contribution >= 0.6 is 0 Å². The molecule has 1 unspecified atom stereocenters. The summed E-state index contributed by atoms with van der Waals surface area (Å²) < 4.78 is 81.4. The van der Waals surface area contributed by atoms with Crippen LogP contribution < -0.4 is 11.1 Å². The zero-order chi connectivity index (χ0) is 29.0. The third-order valence-electron chi connectivity index (χ3n) is 5.98. The molecule has 0 saturated heterocycles. The molecule has 0 bridgehead atoms. The lowest BCUT2D eigenvalue weighted by molar-refractivity contribution is -0.137. The number of nitrogens with one attached hydrogen (secondary N) is 1. The van der Waals surface area contributed by atoms with Gasteiger partial charge in [-0.25, -0.2) is 13.2 Å². The molecule has 2 aromatic carbocycles. The van der Waals surface area contributed by atoms with Gasteiger partial charge in [-0.1, -0.05) is 12.1 Å². The molecule has 0 spiro atoms. The maximum Gasteiger partial charge on any atom is 0.419 e. The molecule has 208 valence electrons. The van der Waals surface area contributed by atoms with Crippen molar-refractivity contribution in [3.05, 3.63) is 107 Å². The Morgan fingerprint density at radius 2 is 1.75 bits per heavy atom. The summed E-state index contributed by atoms with van der Waals surface area (Å²) in [6.45, 7) is -0.662. The van der Waals surface area contributed by atoms with Crippen LogP contribution in [0.25, 0.3) is 11.1 Å². The number of carbonyl (C=O) groups excluding carboxylic acids is 2. The number of carbonyl (C=O) groups is 2. The van der Waals surface area contributed by atoms with E-state index in [1.165, 1.54) is 18.3 Å². The van der Waals surface area contributed by atoms with Crippen molar-refractivity contribution in [1.29, 1.82) is 0 Å². The van der Waals surface area contributed by atoms with Gasteiger partial charge in [-0.15, -0.1) is 0 Å². The number of amides is 2. The Labute approximate surface area is 223 Å². The minimum absolute atomic E-state index is 0.0111. The lowest BCUT2D eigenvalue weighted by atomic mass is 9.89. The lowest BCUT2D eigenvalue weighted by Gasteiger charge is -2.21. The minimum atomic E-state index is -4.62. The highest BCUT2D eigenvalue weighted by molar-refractivity contribution is 5.94. The van der Waals surface area contributed by atoms with E-state index < -0.39 is 53.5 Å². The average molecular weight is 561 g/mol. The van der Waals surface area contributed by atoms with E-state index >= 15 is 0 Å². The molecule has 0 aliphatic rings. The van der Waals surface area contributed by atoms with Crippen LogP contribution in [0.3, 0.4) is 0 Å². The van der Waals surface area contributed by atoms with Crippen LogP contribution in [0, 0.1) is 17.5 Å². The first kappa shape index (κ1) is 28.3. The van der Waals surface area contributed by atoms with Gasteiger partial charge in [0.25, 0.3) is 5.91 Å². The summed E-state index contributed by atoms with van der Waals surface area (Å²) in [6, 6.07) is 9.85. The first-order chi connectivity index (χ1) is 18.9. The number of primary amides is 1. The first-order valence-electron chi connectivity index (χ1n) is 11.8. The summed E-state index contributed by atoms with van der Waals surface area (Å²) in [7, 11) is 0. The first-order valence-corrected chi connectivity index (χ1v) is 11.8. The summed E-state index contributed by atoms with van der Waals surface area (Å²) in [6.07, 6.45) is -1.90. The van der Waals surface area contributed by atoms with Gasteiger partial charge in [0.15, 0.2) is 0 Å². The van der Waals surface area contributed by atoms with Gasteiger partial charge in [-0.2, -0.15) is 18.3 Å². The summed E-state index contributed by atoms with van der Waals surface area (Å²) in [5.41, 5.74) is 5.29. The fraction of sp³-hybridized carbons (Fsp3) is 0.185. The van der Waals surface area contributed by atoms with Gasteiger partial charge in [-0.3, -0.25) is 19.3 Å². The van der Waals surface area contributed by atoms with E-state index in [2.05, 4.69) is 15.4 Å². The van der Waals surface area contributed by atoms with E-state index in [1.54, 1.807) is 12.1 Å². The second-order valence-corrected chi connectivity index (χ2v) is 8.90. The maximum absolute atomic E-state index is 14.1. The molecule has 0 fully saturated rings. The molecular weight excluding hydrogens is 540 g/mol. The van der Waals surface area contributed by atoms with Gasteiger partial charge in [-0.05, 0) is 47.9 Å². The number of halogens is 6. The highest BCUT2D eigenvalue weighted by atomic mass is 19.4. The molecular formula is C27H21F6N5O2. The standard InChI is InChI=1S/C27H21F6N5O2/c28-19-7-15(8-20(29)10-19)6-17(11-36-24(39)14-38-13-18(12-37-38)27(31,32)33)25-21(2-1-5-35-25)16-3-4-23(30)22(9-16)26(34)40/h1-5,7-10,12-13,17H,6,11,14H2,(H2,34,40)(H,36,39). The summed E-state index contributed by atoms with van der Waals surface area (Å²) in [5, 5.41) is 6.15. The molecule has 3 N–H and O–H groups in total. The quantitative estimate of drug-likeness (QED) is 0.291. The average Bonchev–Trinajstić information content (AvgIpc) is 3.35. The molecule has 2 heterocycles. The minimum Gasteiger partial charge on any atom is -0.366 e. The van der Waals surface area contributed by atoms with Gasteiger partial charge in [0, 0.05) is 36.5 Å². The molecule has 2 aromatic heterocycles. The fourth-order valence-electron chi connectivity index (χ4n) is 4.18. The molecule has 1 atom stereocenters. The van der Waals surface area contributed by atoms with Gasteiger partial charge in [0.2, 0.25) is 5.91 Å². The van der Waals surface area contributed by atoms with E-state index in [1.807, 2.05) is 0 Å². The van der Waals surface area contributed by atoms with Crippen LogP contribution in [0.5, 0.6) is 0 Å². The smallest absolute Gasteiger partial charge is 0.366 e. The molecule has 0 saturated carbocycles. The molecule has 2 amide bonds. The van der Waals surface area contributed by atoms with E-state index in [0.717, 1.165) is 22.9 Å². The fourth-order valence-corrected chi connectivity index (χ4v) is 4.18. The Morgan fingerprint density at radius 3 is 2.40 bits per heavy atom. The molecule has 0 aliphatic heterocycles. The second-order valence-electron chi connectivity index (χ2n) is 8.90. The Morgan fingerprint density at radius 1 is 1.02 bits per heavy atom. The van der Waals surface area contributed by atoms with Crippen molar-refractivity contribution in [3.8, 4) is 11.1 Å². The molecule has 4 aromatic rings. The number of rotatable bonds is 9. The van der Waals surface area contributed by atoms with Crippen LogP contribution in [0.15, 0.2) is 67.1 Å². The molecule has 40 heavy (non-hydrogen) atoms. The van der Waals surface area contributed by atoms with E-state index in [4.69, 9.17) is 5.73 Å². The number of benzene rings is 2. The summed E-state index contributed by atoms with van der Waals surface area (Å²) in [5.74, 6) is -4.84. The Hall–Kier alpha value is -4.68. The topological polar surface area (TPSA) is 103 Å². The molecule has 4 rings (SSSR count). The molecule has 7 nitrogen and oxygen atoms in total. The number of nitrogens with two attached hydrogens (primary N) is 1. The van der Waals surface area contributed by atoms with Crippen LogP contribution in [-0.2, 0) is 23.9 Å². The molecule has 0 aliphatic carbocycles. The van der Waals surface area contributed by atoms with Crippen LogP contribution in [0.2, 0.25) is 0 Å². The number of alkyl halides is 3. The normalized spacial score (nSPS) is 12.2. The maximum atomic E-state index is 14.1. The second kappa shape index (κ2) is 11.6. The number of hydrogen-bond acceptors (Lipinski definition) is 4. The third-order valence-corrected chi connectivity index (χ3v) is 5.98. The summed E-state index contributed by atoms with van der Waals surface area (Å²) >= 11 is 0. The van der Waals surface area contributed by atoms with E-state index in [0.29, 0.717) is 35.3 Å². The van der Waals surface area contributed by atoms with Crippen molar-refractivity contribution >= 4 is 11.8 Å². The Balaban J connectivity index is 1.64. The predicted octanol–water partition coefficient (Wildman–Crippen LogP) is 4.62. The molecule has 0 radical (unpaired) electrons. The summed E-state index contributed by atoms with van der Waals surface area (Å²) in [4.78, 5) is 28.7. The van der Waals surface area contributed by atoms with Crippen molar-refractivity contribution in [2.75, 3.05) is 6.54 Å². The lowest BCUT2D eigenvalue weighted by Crippen LogP contribution is -2.32. The zero-order valence-electron chi connectivity index (χ0n) is 20.6. The Kier molecular flexibility index (Phi) is 8.21.